The molecule has 1 amide bonds. The second kappa shape index (κ2) is 9.97. The number of carbonyl (C=O) groups excluding carboxylic acids is 1. The van der Waals surface area contributed by atoms with Crippen LogP contribution in [0.2, 0.25) is 0 Å². The van der Waals surface area contributed by atoms with Crippen LogP contribution in [0.1, 0.15) is 41.5 Å². The van der Waals surface area contributed by atoms with Gasteiger partial charge in [0.15, 0.2) is 4.34 Å². The molecular weight excluding hydrogens is 392 g/mol. The predicted octanol–water partition coefficient (Wildman–Crippen LogP) is 5.90. The van der Waals surface area contributed by atoms with Crippen molar-refractivity contribution in [3.8, 4) is 0 Å². The van der Waals surface area contributed by atoms with Gasteiger partial charge in [-0.05, 0) is 37.8 Å². The summed E-state index contributed by atoms with van der Waals surface area (Å²) in [5.74, 6) is 0.861. The monoisotopic (exact) mass is 420 g/mol. The summed E-state index contributed by atoms with van der Waals surface area (Å²) in [7, 11) is 0. The molecule has 1 aromatic carbocycles. The lowest BCUT2D eigenvalue weighted by Gasteiger charge is -2.23. The summed E-state index contributed by atoms with van der Waals surface area (Å²) in [5.41, 5.74) is 1.75. The van der Waals surface area contributed by atoms with Crippen LogP contribution in [0.3, 0.4) is 0 Å². The Morgan fingerprint density at radius 1 is 1.18 bits per heavy atom. The summed E-state index contributed by atoms with van der Waals surface area (Å²) in [5, 5.41) is 20.2. The molecule has 9 heteroatoms. The summed E-state index contributed by atoms with van der Waals surface area (Å²) in [4.78, 5) is 14.8. The van der Waals surface area contributed by atoms with Crippen LogP contribution < -0.4 is 10.2 Å². The van der Waals surface area contributed by atoms with Crippen LogP contribution >= 0.6 is 23.1 Å². The molecule has 0 spiro atoms. The van der Waals surface area contributed by atoms with Gasteiger partial charge in [-0.25, -0.2) is 0 Å². The van der Waals surface area contributed by atoms with Gasteiger partial charge in [-0.2, -0.15) is 0 Å². The summed E-state index contributed by atoms with van der Waals surface area (Å²) in [6.07, 6.45) is 0. The summed E-state index contributed by atoms with van der Waals surface area (Å²) in [6, 6.07) is 5.81. The minimum Gasteiger partial charge on any atom is -0.372 e. The van der Waals surface area contributed by atoms with Gasteiger partial charge in [-0.1, -0.05) is 50.8 Å². The highest BCUT2D eigenvalue weighted by Crippen LogP contribution is 2.34. The topological polar surface area (TPSA) is 82.8 Å². The molecule has 152 valence electrons. The van der Waals surface area contributed by atoms with Gasteiger partial charge in [-0.3, -0.25) is 4.79 Å². The fourth-order valence-electron chi connectivity index (χ4n) is 2.33. The van der Waals surface area contributed by atoms with Crippen LogP contribution in [0.5, 0.6) is 0 Å². The van der Waals surface area contributed by atoms with Crippen LogP contribution in [0.25, 0.3) is 0 Å². The molecule has 0 unspecified atom stereocenters. The molecule has 0 fully saturated rings. The minimum atomic E-state index is -0.509. The largest absolute Gasteiger partial charge is 0.372 e. The molecule has 2 aromatic rings. The Morgan fingerprint density at radius 3 is 2.50 bits per heavy atom. The summed E-state index contributed by atoms with van der Waals surface area (Å²) >= 11 is 3.02. The zero-order chi connectivity index (χ0) is 20.7. The molecule has 28 heavy (non-hydrogen) atoms. The maximum absolute atomic E-state index is 12.5. The smallest absolute Gasteiger partial charge is 0.252 e. The van der Waals surface area contributed by atoms with Crippen molar-refractivity contribution >= 4 is 51.2 Å². The quantitative estimate of drug-likeness (QED) is 0.425. The Morgan fingerprint density at radius 2 is 1.89 bits per heavy atom. The molecule has 7 nitrogen and oxygen atoms in total. The SMILES string of the molecule is CCSc1nnc(/N=N/c2ccc(N(CC)CC)cc2NC(=O)C(C)(C)C)s1. The first-order chi connectivity index (χ1) is 13.3. The van der Waals surface area contributed by atoms with E-state index in [9.17, 15) is 4.79 Å². The van der Waals surface area contributed by atoms with Gasteiger partial charge in [0.2, 0.25) is 5.91 Å². The van der Waals surface area contributed by atoms with Crippen molar-refractivity contribution in [2.45, 2.75) is 45.9 Å². The molecule has 1 heterocycles. The van der Waals surface area contributed by atoms with E-state index in [4.69, 9.17) is 0 Å². The van der Waals surface area contributed by atoms with Gasteiger partial charge in [0.1, 0.15) is 5.69 Å². The maximum Gasteiger partial charge on any atom is 0.252 e. The normalized spacial score (nSPS) is 11.8. The number of azo groups is 1. The number of nitrogens with one attached hydrogen (secondary N) is 1. The van der Waals surface area contributed by atoms with Gasteiger partial charge in [-0.15, -0.1) is 20.4 Å². The van der Waals surface area contributed by atoms with Crippen molar-refractivity contribution in [3.05, 3.63) is 18.2 Å². The molecule has 0 atom stereocenters. The molecule has 0 aliphatic heterocycles. The van der Waals surface area contributed by atoms with Gasteiger partial charge in [0, 0.05) is 24.2 Å². The van der Waals surface area contributed by atoms with Crippen LogP contribution in [0, 0.1) is 5.41 Å². The van der Waals surface area contributed by atoms with Crippen LogP contribution in [-0.2, 0) is 4.79 Å². The van der Waals surface area contributed by atoms with Gasteiger partial charge in [0.05, 0.1) is 5.69 Å². The van der Waals surface area contributed by atoms with Crippen molar-refractivity contribution in [3.63, 3.8) is 0 Å². The highest BCUT2D eigenvalue weighted by atomic mass is 32.2. The van der Waals surface area contributed by atoms with Gasteiger partial charge < -0.3 is 10.2 Å². The van der Waals surface area contributed by atoms with Crippen LogP contribution in [0.15, 0.2) is 32.8 Å². The third-order valence-corrected chi connectivity index (χ3v) is 5.77. The average Bonchev–Trinajstić information content (AvgIpc) is 3.09. The number of benzene rings is 1. The summed E-state index contributed by atoms with van der Waals surface area (Å²) < 4.78 is 0.870. The number of anilines is 2. The molecule has 0 aliphatic rings. The third-order valence-electron chi connectivity index (χ3n) is 3.95. The molecule has 0 bridgehead atoms. The molecule has 0 saturated carbocycles. The van der Waals surface area contributed by atoms with Crippen molar-refractivity contribution in [1.29, 1.82) is 0 Å². The Hall–Kier alpha value is -2.00. The van der Waals surface area contributed by atoms with Gasteiger partial charge >= 0.3 is 0 Å². The zero-order valence-corrected chi connectivity index (χ0v) is 18.9. The molecular formula is C19H28N6OS2. The number of thioether (sulfide) groups is 1. The van der Waals surface area contributed by atoms with E-state index in [2.05, 4.69) is 51.4 Å². The second-order valence-electron chi connectivity index (χ2n) is 7.06. The van der Waals surface area contributed by atoms with E-state index in [1.54, 1.807) is 11.8 Å². The van der Waals surface area contributed by atoms with Crippen molar-refractivity contribution in [1.82, 2.24) is 10.2 Å². The Kier molecular flexibility index (Phi) is 7.94. The fraction of sp³-hybridized carbons (Fsp3) is 0.526. The van der Waals surface area contributed by atoms with E-state index >= 15 is 0 Å². The first kappa shape index (κ1) is 22.3. The number of aromatic nitrogens is 2. The van der Waals surface area contributed by atoms with E-state index < -0.39 is 5.41 Å². The number of hydrogen-bond donors (Lipinski definition) is 1. The van der Waals surface area contributed by atoms with E-state index in [0.717, 1.165) is 28.9 Å². The van der Waals surface area contributed by atoms with Crippen LogP contribution in [-0.4, -0.2) is 34.9 Å². The minimum absolute atomic E-state index is 0.0711. The van der Waals surface area contributed by atoms with Crippen LogP contribution in [0.4, 0.5) is 22.2 Å². The highest BCUT2D eigenvalue weighted by molar-refractivity contribution is 8.01. The third kappa shape index (κ3) is 6.00. The number of hydrogen-bond acceptors (Lipinski definition) is 8. The molecule has 1 aromatic heterocycles. The zero-order valence-electron chi connectivity index (χ0n) is 17.3. The fourth-order valence-corrected chi connectivity index (χ4v) is 3.89. The number of rotatable bonds is 8. The Labute approximate surface area is 175 Å². The average molecular weight is 421 g/mol. The first-order valence-corrected chi connectivity index (χ1v) is 11.2. The lowest BCUT2D eigenvalue weighted by Crippen LogP contribution is -2.28. The number of carbonyl (C=O) groups is 1. The van der Waals surface area contributed by atoms with E-state index in [0.29, 0.717) is 16.5 Å². The molecule has 0 aliphatic carbocycles. The van der Waals surface area contributed by atoms with E-state index in [1.807, 2.05) is 39.0 Å². The van der Waals surface area contributed by atoms with Gasteiger partial charge in [0.25, 0.3) is 5.13 Å². The number of amides is 1. The lowest BCUT2D eigenvalue weighted by molar-refractivity contribution is -0.123. The molecule has 2 rings (SSSR count). The lowest BCUT2D eigenvalue weighted by atomic mass is 9.95. The summed E-state index contributed by atoms with van der Waals surface area (Å²) in [6.45, 7) is 13.7. The van der Waals surface area contributed by atoms with E-state index in [1.165, 1.54) is 11.3 Å². The highest BCUT2D eigenvalue weighted by Gasteiger charge is 2.22. The molecule has 0 saturated heterocycles. The van der Waals surface area contributed by atoms with E-state index in [-0.39, 0.29) is 5.91 Å². The van der Waals surface area contributed by atoms with Crippen molar-refractivity contribution in [2.75, 3.05) is 29.1 Å². The van der Waals surface area contributed by atoms with Crippen molar-refractivity contribution < 1.29 is 4.79 Å². The maximum atomic E-state index is 12.5. The predicted molar refractivity (Wildman–Crippen MR) is 119 cm³/mol. The second-order valence-corrected chi connectivity index (χ2v) is 9.53. The Balaban J connectivity index is 2.34. The number of nitrogens with zero attached hydrogens (tertiary/aromatic N) is 5. The van der Waals surface area contributed by atoms with Crippen molar-refractivity contribution in [2.24, 2.45) is 15.6 Å². The first-order valence-electron chi connectivity index (χ1n) is 9.37. The molecule has 0 radical (unpaired) electrons. The Bertz CT molecular complexity index is 824. The molecule has 1 N–H and O–H groups in total. The standard InChI is InChI=1S/C19H28N6OS2/c1-7-25(8-2)13-10-11-14(15(12-13)20-16(26)19(4,5)6)21-22-17-23-24-18(28-17)27-9-3/h10-12H,7-9H2,1-6H3,(H,20,26)/b22-21+.